The van der Waals surface area contributed by atoms with Crippen molar-refractivity contribution in [1.29, 1.82) is 0 Å². The Hall–Kier alpha value is -2.63. The van der Waals surface area contributed by atoms with Crippen LogP contribution in [0.25, 0.3) is 10.9 Å². The van der Waals surface area contributed by atoms with Crippen molar-refractivity contribution < 1.29 is 9.84 Å². The summed E-state index contributed by atoms with van der Waals surface area (Å²) in [6.07, 6.45) is 3.70. The number of fused-ring (bicyclic) bond motifs is 1. The Bertz CT molecular complexity index is 833. The molecule has 1 heterocycles. The molecule has 5 nitrogen and oxygen atoms in total. The van der Waals surface area contributed by atoms with Crippen LogP contribution < -0.4 is 15.6 Å². The number of anilines is 1. The third-order valence-corrected chi connectivity index (χ3v) is 4.23. The van der Waals surface area contributed by atoms with Crippen LogP contribution in [0.1, 0.15) is 23.6 Å². The third-order valence-electron chi connectivity index (χ3n) is 4.23. The second-order valence-corrected chi connectivity index (χ2v) is 5.75. The summed E-state index contributed by atoms with van der Waals surface area (Å²) in [5.74, 6) is 0.914. The monoisotopic (exact) mass is 353 g/mol. The topological polar surface area (TPSA) is 66.4 Å². The van der Waals surface area contributed by atoms with Crippen LogP contribution in [-0.4, -0.2) is 31.4 Å². The fraction of sp³-hybridized carbons (Fsp3) is 0.286. The third kappa shape index (κ3) is 4.50. The number of aryl methyl sites for hydroxylation is 1. The van der Waals surface area contributed by atoms with E-state index in [1.807, 2.05) is 19.3 Å². The fourth-order valence-corrected chi connectivity index (χ4v) is 2.97. The molecule has 3 aromatic rings. The summed E-state index contributed by atoms with van der Waals surface area (Å²) >= 11 is 0. The first-order valence-corrected chi connectivity index (χ1v) is 8.66. The van der Waals surface area contributed by atoms with Crippen molar-refractivity contribution in [2.45, 2.75) is 19.8 Å². The normalized spacial score (nSPS) is 10.2. The molecule has 3 N–H and O–H groups in total. The standard InChI is InChI=1S/C20H23N3O.CH4O/c1-4-15-12-18-16(9-10-22-19(18)13-20(15)24-3)11-14-5-7-17(8-6-14)23-21-2;1-2/h5-10,12-13,21,23H,4,11H2,1-3H3;2H,1H3. The lowest BCUT2D eigenvalue weighted by molar-refractivity contribution is 0.399. The average molecular weight is 353 g/mol. The number of aliphatic hydroxyl groups excluding tert-OH is 1. The van der Waals surface area contributed by atoms with E-state index in [2.05, 4.69) is 59.2 Å². The minimum absolute atomic E-state index is 0.883. The Morgan fingerprint density at radius 2 is 1.77 bits per heavy atom. The number of hydrazine groups is 1. The number of aromatic nitrogens is 1. The molecule has 0 saturated heterocycles. The highest BCUT2D eigenvalue weighted by Gasteiger charge is 2.09. The lowest BCUT2D eigenvalue weighted by atomic mass is 9.98. The van der Waals surface area contributed by atoms with Gasteiger partial charge in [0, 0.05) is 37.5 Å². The highest BCUT2D eigenvalue weighted by molar-refractivity contribution is 5.85. The van der Waals surface area contributed by atoms with E-state index in [-0.39, 0.29) is 0 Å². The Balaban J connectivity index is 0.00000117. The summed E-state index contributed by atoms with van der Waals surface area (Å²) in [4.78, 5) is 4.51. The van der Waals surface area contributed by atoms with Gasteiger partial charge in [0.25, 0.3) is 0 Å². The molecule has 3 rings (SSSR count). The molecule has 138 valence electrons. The van der Waals surface area contributed by atoms with Gasteiger partial charge in [0.05, 0.1) is 12.6 Å². The van der Waals surface area contributed by atoms with Crippen LogP contribution >= 0.6 is 0 Å². The number of methoxy groups -OCH3 is 1. The molecule has 0 atom stereocenters. The summed E-state index contributed by atoms with van der Waals surface area (Å²) in [5, 5.41) is 8.20. The van der Waals surface area contributed by atoms with Crippen molar-refractivity contribution in [3.05, 3.63) is 65.4 Å². The first-order valence-electron chi connectivity index (χ1n) is 8.66. The molecular formula is C21H27N3O2. The molecule has 0 radical (unpaired) electrons. The van der Waals surface area contributed by atoms with Crippen LogP contribution in [0.4, 0.5) is 5.69 Å². The van der Waals surface area contributed by atoms with Crippen molar-refractivity contribution in [2.75, 3.05) is 26.7 Å². The Morgan fingerprint density at radius 1 is 1.04 bits per heavy atom. The molecule has 0 fully saturated rings. The van der Waals surface area contributed by atoms with E-state index >= 15 is 0 Å². The van der Waals surface area contributed by atoms with Gasteiger partial charge in [-0.1, -0.05) is 19.1 Å². The highest BCUT2D eigenvalue weighted by atomic mass is 16.5. The largest absolute Gasteiger partial charge is 0.496 e. The van der Waals surface area contributed by atoms with Crippen molar-refractivity contribution in [3.63, 3.8) is 0 Å². The van der Waals surface area contributed by atoms with Crippen molar-refractivity contribution in [1.82, 2.24) is 10.4 Å². The van der Waals surface area contributed by atoms with Gasteiger partial charge in [0.15, 0.2) is 0 Å². The predicted molar refractivity (Wildman–Crippen MR) is 108 cm³/mol. The van der Waals surface area contributed by atoms with Gasteiger partial charge in [-0.15, -0.1) is 0 Å². The van der Waals surface area contributed by atoms with Crippen LogP contribution in [0, 0.1) is 0 Å². The molecule has 0 spiro atoms. The molecule has 0 bridgehead atoms. The molecule has 26 heavy (non-hydrogen) atoms. The molecule has 5 heteroatoms. The summed E-state index contributed by atoms with van der Waals surface area (Å²) in [6.45, 7) is 2.15. The quantitative estimate of drug-likeness (QED) is 0.592. The van der Waals surface area contributed by atoms with Crippen LogP contribution in [0.3, 0.4) is 0 Å². The number of nitrogens with one attached hydrogen (secondary N) is 2. The number of rotatable bonds is 6. The molecule has 0 aliphatic rings. The molecule has 1 aromatic heterocycles. The molecule has 0 unspecified atom stereocenters. The maximum absolute atomic E-state index is 7.00. The Kier molecular flexibility index (Phi) is 7.38. The minimum Gasteiger partial charge on any atom is -0.496 e. The number of aliphatic hydroxyl groups is 1. The molecule has 0 aliphatic carbocycles. The predicted octanol–water partition coefficient (Wildman–Crippen LogP) is 3.55. The SMILES string of the molecule is CCc1cc2c(Cc3ccc(NNC)cc3)ccnc2cc1OC.CO. The number of benzene rings is 2. The van der Waals surface area contributed by atoms with Gasteiger partial charge in [-0.25, -0.2) is 5.43 Å². The van der Waals surface area contributed by atoms with Gasteiger partial charge in [-0.2, -0.15) is 0 Å². The second kappa shape index (κ2) is 9.75. The molecule has 0 aliphatic heterocycles. The zero-order valence-electron chi connectivity index (χ0n) is 15.8. The first kappa shape index (κ1) is 19.7. The van der Waals surface area contributed by atoms with E-state index in [0.717, 1.165) is 36.9 Å². The van der Waals surface area contributed by atoms with E-state index < -0.39 is 0 Å². The van der Waals surface area contributed by atoms with Crippen molar-refractivity contribution in [2.24, 2.45) is 0 Å². The van der Waals surface area contributed by atoms with Gasteiger partial charge in [0.1, 0.15) is 5.75 Å². The lowest BCUT2D eigenvalue weighted by Gasteiger charge is -2.12. The van der Waals surface area contributed by atoms with E-state index in [1.165, 1.54) is 22.1 Å². The maximum Gasteiger partial charge on any atom is 0.124 e. The van der Waals surface area contributed by atoms with Crippen LogP contribution in [0.2, 0.25) is 0 Å². The Labute approximate surface area is 155 Å². The zero-order chi connectivity index (χ0) is 18.9. The van der Waals surface area contributed by atoms with Crippen LogP contribution in [0.5, 0.6) is 5.75 Å². The van der Waals surface area contributed by atoms with Gasteiger partial charge < -0.3 is 15.3 Å². The van der Waals surface area contributed by atoms with E-state index in [4.69, 9.17) is 9.84 Å². The van der Waals surface area contributed by atoms with Crippen molar-refractivity contribution >= 4 is 16.6 Å². The first-order chi connectivity index (χ1) is 12.7. The highest BCUT2D eigenvalue weighted by Crippen LogP contribution is 2.28. The lowest BCUT2D eigenvalue weighted by Crippen LogP contribution is -2.14. The van der Waals surface area contributed by atoms with Gasteiger partial charge in [0.2, 0.25) is 0 Å². The number of pyridine rings is 1. The fourth-order valence-electron chi connectivity index (χ4n) is 2.97. The molecule has 2 aromatic carbocycles. The van der Waals surface area contributed by atoms with Crippen LogP contribution in [-0.2, 0) is 12.8 Å². The van der Waals surface area contributed by atoms with Crippen molar-refractivity contribution in [3.8, 4) is 5.75 Å². The average Bonchev–Trinajstić information content (AvgIpc) is 2.70. The maximum atomic E-state index is 7.00. The zero-order valence-corrected chi connectivity index (χ0v) is 15.8. The summed E-state index contributed by atoms with van der Waals surface area (Å²) < 4.78 is 5.49. The van der Waals surface area contributed by atoms with Gasteiger partial charge >= 0.3 is 0 Å². The number of nitrogens with zero attached hydrogens (tertiary/aromatic N) is 1. The van der Waals surface area contributed by atoms with Gasteiger partial charge in [-0.3, -0.25) is 4.98 Å². The minimum atomic E-state index is 0.883. The smallest absolute Gasteiger partial charge is 0.124 e. The molecule has 0 saturated carbocycles. The molecule has 0 amide bonds. The number of hydrogen-bond donors (Lipinski definition) is 3. The number of ether oxygens (including phenoxy) is 1. The molecular weight excluding hydrogens is 326 g/mol. The number of hydrogen-bond acceptors (Lipinski definition) is 5. The summed E-state index contributed by atoms with van der Waals surface area (Å²) in [5.41, 5.74) is 11.8. The second-order valence-electron chi connectivity index (χ2n) is 5.75. The summed E-state index contributed by atoms with van der Waals surface area (Å²) in [7, 11) is 4.57. The van der Waals surface area contributed by atoms with E-state index in [1.54, 1.807) is 7.11 Å². The van der Waals surface area contributed by atoms with Crippen LogP contribution in [0.15, 0.2) is 48.7 Å². The van der Waals surface area contributed by atoms with E-state index in [0.29, 0.717) is 0 Å². The van der Waals surface area contributed by atoms with E-state index in [9.17, 15) is 0 Å². The Morgan fingerprint density at radius 3 is 2.38 bits per heavy atom. The van der Waals surface area contributed by atoms with Gasteiger partial charge in [-0.05, 0) is 53.8 Å². The summed E-state index contributed by atoms with van der Waals surface area (Å²) in [6, 6.07) is 14.8.